The van der Waals surface area contributed by atoms with E-state index in [1.165, 1.54) is 51.4 Å². The van der Waals surface area contributed by atoms with E-state index in [0.29, 0.717) is 11.8 Å². The zero-order valence-corrected chi connectivity index (χ0v) is 21.8. The van der Waals surface area contributed by atoms with Crippen molar-refractivity contribution in [2.75, 3.05) is 0 Å². The summed E-state index contributed by atoms with van der Waals surface area (Å²) in [6.45, 7) is 9.00. The van der Waals surface area contributed by atoms with Crippen molar-refractivity contribution in [2.45, 2.75) is 143 Å². The molecule has 31 heavy (non-hydrogen) atoms. The normalized spacial score (nSPS) is 33.8. The highest BCUT2D eigenvalue weighted by Crippen LogP contribution is 2.52. The van der Waals surface area contributed by atoms with Crippen LogP contribution in [-0.4, -0.2) is 17.1 Å². The SMILES string of the molecule is CCCCCC1CCC(OP(=O)(O)OC2CCC(CCCCC)C(CC)C2)CC1CC. The predicted molar refractivity (Wildman–Crippen MR) is 130 cm³/mol. The molecule has 6 atom stereocenters. The van der Waals surface area contributed by atoms with Crippen molar-refractivity contribution in [1.29, 1.82) is 0 Å². The van der Waals surface area contributed by atoms with E-state index in [1.54, 1.807) is 0 Å². The molecule has 0 amide bonds. The number of hydrogen-bond acceptors (Lipinski definition) is 3. The molecule has 2 fully saturated rings. The lowest BCUT2D eigenvalue weighted by Crippen LogP contribution is -2.31. The largest absolute Gasteiger partial charge is 0.472 e. The Bertz CT molecular complexity index is 484. The first-order chi connectivity index (χ1) is 14.9. The van der Waals surface area contributed by atoms with Crippen LogP contribution in [0.1, 0.15) is 130 Å². The van der Waals surface area contributed by atoms with Gasteiger partial charge in [0, 0.05) is 0 Å². The average molecular weight is 459 g/mol. The Balaban J connectivity index is 1.80. The van der Waals surface area contributed by atoms with Gasteiger partial charge in [-0.05, 0) is 62.2 Å². The maximum absolute atomic E-state index is 12.8. The van der Waals surface area contributed by atoms with E-state index >= 15 is 0 Å². The fourth-order valence-electron chi connectivity index (χ4n) is 6.23. The molecule has 5 heteroatoms. The van der Waals surface area contributed by atoms with E-state index in [9.17, 15) is 9.46 Å². The fourth-order valence-corrected chi connectivity index (χ4v) is 7.42. The molecule has 6 unspecified atom stereocenters. The Morgan fingerprint density at radius 1 is 0.677 bits per heavy atom. The van der Waals surface area contributed by atoms with Gasteiger partial charge >= 0.3 is 7.82 Å². The molecule has 2 aliphatic carbocycles. The molecule has 4 nitrogen and oxygen atoms in total. The van der Waals surface area contributed by atoms with Crippen molar-refractivity contribution in [2.24, 2.45) is 23.7 Å². The summed E-state index contributed by atoms with van der Waals surface area (Å²) in [6.07, 6.45) is 18.2. The van der Waals surface area contributed by atoms with Crippen LogP contribution in [0.2, 0.25) is 0 Å². The molecule has 0 saturated heterocycles. The van der Waals surface area contributed by atoms with Gasteiger partial charge in [-0.2, -0.15) is 0 Å². The van der Waals surface area contributed by atoms with Crippen molar-refractivity contribution in [3.05, 3.63) is 0 Å². The highest BCUT2D eigenvalue weighted by molar-refractivity contribution is 7.47. The van der Waals surface area contributed by atoms with Gasteiger partial charge in [-0.3, -0.25) is 9.05 Å². The third-order valence-electron chi connectivity index (χ3n) is 8.15. The molecule has 2 aliphatic rings. The van der Waals surface area contributed by atoms with Crippen LogP contribution in [0.5, 0.6) is 0 Å². The number of unbranched alkanes of at least 4 members (excludes halogenated alkanes) is 4. The van der Waals surface area contributed by atoms with Crippen LogP contribution in [0.25, 0.3) is 0 Å². The van der Waals surface area contributed by atoms with Crippen LogP contribution in [0, 0.1) is 23.7 Å². The minimum absolute atomic E-state index is 0.129. The summed E-state index contributed by atoms with van der Waals surface area (Å²) < 4.78 is 24.3. The molecule has 1 N–H and O–H groups in total. The molecule has 0 aromatic rings. The molecule has 0 bridgehead atoms. The monoisotopic (exact) mass is 458 g/mol. The summed E-state index contributed by atoms with van der Waals surface area (Å²) in [5, 5.41) is 0. The number of phosphoric acid groups is 1. The second-order valence-corrected chi connectivity index (χ2v) is 11.8. The Morgan fingerprint density at radius 2 is 1.10 bits per heavy atom. The topological polar surface area (TPSA) is 55.8 Å². The van der Waals surface area contributed by atoms with E-state index in [1.807, 2.05) is 0 Å². The second kappa shape index (κ2) is 14.4. The van der Waals surface area contributed by atoms with Crippen LogP contribution in [0.4, 0.5) is 0 Å². The zero-order valence-electron chi connectivity index (χ0n) is 20.9. The second-order valence-electron chi connectivity index (χ2n) is 10.4. The molecule has 2 rings (SSSR count). The number of phosphoric ester groups is 1. The van der Waals surface area contributed by atoms with Crippen molar-refractivity contribution in [3.8, 4) is 0 Å². The van der Waals surface area contributed by atoms with Crippen LogP contribution >= 0.6 is 7.82 Å². The molecule has 0 heterocycles. The van der Waals surface area contributed by atoms with Gasteiger partial charge in [0.2, 0.25) is 0 Å². The average Bonchev–Trinajstić information content (AvgIpc) is 2.75. The Hall–Kier alpha value is 0.110. The van der Waals surface area contributed by atoms with Crippen LogP contribution in [-0.2, 0) is 13.6 Å². The van der Waals surface area contributed by atoms with Crippen LogP contribution in [0.3, 0.4) is 0 Å². The lowest BCUT2D eigenvalue weighted by atomic mass is 9.74. The first-order valence-corrected chi connectivity index (χ1v) is 15.1. The van der Waals surface area contributed by atoms with Crippen LogP contribution in [0.15, 0.2) is 0 Å². The van der Waals surface area contributed by atoms with Gasteiger partial charge in [0.1, 0.15) is 0 Å². The maximum atomic E-state index is 12.8. The summed E-state index contributed by atoms with van der Waals surface area (Å²) in [4.78, 5) is 10.5. The zero-order chi connectivity index (χ0) is 22.7. The summed E-state index contributed by atoms with van der Waals surface area (Å²) in [5.41, 5.74) is 0. The van der Waals surface area contributed by atoms with Crippen molar-refractivity contribution in [3.63, 3.8) is 0 Å². The van der Waals surface area contributed by atoms with E-state index < -0.39 is 7.82 Å². The quantitative estimate of drug-likeness (QED) is 0.209. The molecule has 0 aromatic heterocycles. The summed E-state index contributed by atoms with van der Waals surface area (Å²) in [5.74, 6) is 2.73. The molecular weight excluding hydrogens is 407 g/mol. The first kappa shape index (κ1) is 27.4. The number of rotatable bonds is 14. The van der Waals surface area contributed by atoms with Crippen molar-refractivity contribution >= 4 is 7.82 Å². The Morgan fingerprint density at radius 3 is 1.45 bits per heavy atom. The maximum Gasteiger partial charge on any atom is 0.472 e. The van der Waals surface area contributed by atoms with E-state index in [0.717, 1.165) is 63.2 Å². The standard InChI is InChI=1S/C26H51O4P/c1-5-9-11-13-23-15-17-25(19-21(23)7-3)29-31(27,28)30-26-18-16-24(14-12-10-6-2)22(8-4)20-26/h21-26H,5-20H2,1-4H3,(H,27,28). The van der Waals surface area contributed by atoms with Crippen LogP contribution < -0.4 is 0 Å². The first-order valence-electron chi connectivity index (χ1n) is 13.6. The third kappa shape index (κ3) is 9.48. The molecule has 0 aliphatic heterocycles. The van der Waals surface area contributed by atoms with Gasteiger partial charge in [-0.15, -0.1) is 0 Å². The smallest absolute Gasteiger partial charge is 0.302 e. The minimum Gasteiger partial charge on any atom is -0.302 e. The fraction of sp³-hybridized carbons (Fsp3) is 1.00. The molecule has 0 spiro atoms. The Labute approximate surface area is 192 Å². The summed E-state index contributed by atoms with van der Waals surface area (Å²) >= 11 is 0. The van der Waals surface area contributed by atoms with E-state index in [2.05, 4.69) is 27.7 Å². The van der Waals surface area contributed by atoms with Gasteiger partial charge in [-0.1, -0.05) is 91.9 Å². The van der Waals surface area contributed by atoms with Gasteiger partial charge in [-0.25, -0.2) is 4.57 Å². The molecule has 184 valence electrons. The lowest BCUT2D eigenvalue weighted by Gasteiger charge is -2.38. The molecule has 2 saturated carbocycles. The van der Waals surface area contributed by atoms with E-state index in [4.69, 9.17) is 9.05 Å². The highest BCUT2D eigenvalue weighted by atomic mass is 31.2. The molecule has 0 radical (unpaired) electrons. The summed E-state index contributed by atoms with van der Waals surface area (Å²) in [7, 11) is -4.00. The van der Waals surface area contributed by atoms with Gasteiger partial charge in [0.05, 0.1) is 12.2 Å². The predicted octanol–water partition coefficient (Wildman–Crippen LogP) is 8.67. The Kier molecular flexibility index (Phi) is 12.7. The highest BCUT2D eigenvalue weighted by Gasteiger charge is 2.38. The van der Waals surface area contributed by atoms with E-state index in [-0.39, 0.29) is 12.2 Å². The molecular formula is C26H51O4P. The van der Waals surface area contributed by atoms with Gasteiger partial charge in [0.15, 0.2) is 0 Å². The van der Waals surface area contributed by atoms with Crippen molar-refractivity contribution in [1.82, 2.24) is 0 Å². The third-order valence-corrected chi connectivity index (χ3v) is 9.28. The lowest BCUT2D eigenvalue weighted by molar-refractivity contribution is 0.0100. The number of hydrogen-bond donors (Lipinski definition) is 1. The molecule has 0 aromatic carbocycles. The van der Waals surface area contributed by atoms with Gasteiger partial charge < -0.3 is 4.89 Å². The van der Waals surface area contributed by atoms with Crippen molar-refractivity contribution < 1.29 is 18.5 Å². The summed E-state index contributed by atoms with van der Waals surface area (Å²) in [6, 6.07) is 0. The van der Waals surface area contributed by atoms with Gasteiger partial charge in [0.25, 0.3) is 0 Å². The minimum atomic E-state index is -4.00.